The lowest BCUT2D eigenvalue weighted by Gasteiger charge is -2.21. The Hall–Kier alpha value is -2.48. The van der Waals surface area contributed by atoms with Gasteiger partial charge in [-0.3, -0.25) is 0 Å². The summed E-state index contributed by atoms with van der Waals surface area (Å²) < 4.78 is 6.00. The third kappa shape index (κ3) is 3.48. The lowest BCUT2D eigenvalue weighted by atomic mass is 9.86. The average molecular weight is 333 g/mol. The van der Waals surface area contributed by atoms with E-state index in [1.54, 1.807) is 0 Å². The van der Waals surface area contributed by atoms with Crippen LogP contribution in [0.25, 0.3) is 23.2 Å². The van der Waals surface area contributed by atoms with Crippen molar-refractivity contribution >= 4 is 23.2 Å². The second-order valence-corrected chi connectivity index (χ2v) is 7.77. The van der Waals surface area contributed by atoms with Crippen LogP contribution < -0.4 is 16.0 Å². The zero-order valence-electron chi connectivity index (χ0n) is 15.8. The first kappa shape index (κ1) is 17.3. The van der Waals surface area contributed by atoms with Crippen LogP contribution in [0.1, 0.15) is 51.8 Å². The van der Waals surface area contributed by atoms with Gasteiger partial charge in [-0.25, -0.2) is 0 Å². The van der Waals surface area contributed by atoms with Crippen LogP contribution in [0.15, 0.2) is 52.9 Å². The second-order valence-electron chi connectivity index (χ2n) is 7.77. The molecule has 1 unspecified atom stereocenters. The molecule has 2 nitrogen and oxygen atoms in total. The molecule has 0 aliphatic rings. The van der Waals surface area contributed by atoms with Crippen LogP contribution in [0.5, 0.6) is 0 Å². The van der Waals surface area contributed by atoms with Gasteiger partial charge in [0.2, 0.25) is 0 Å². The highest BCUT2D eigenvalue weighted by Gasteiger charge is 2.14. The van der Waals surface area contributed by atoms with E-state index < -0.39 is 0 Å². The van der Waals surface area contributed by atoms with Gasteiger partial charge in [-0.15, -0.1) is 0 Å². The summed E-state index contributed by atoms with van der Waals surface area (Å²) in [4.78, 5) is 0. The Morgan fingerprint density at radius 1 is 1.04 bits per heavy atom. The van der Waals surface area contributed by atoms with Crippen LogP contribution in [0.2, 0.25) is 0 Å². The van der Waals surface area contributed by atoms with E-state index in [1.165, 1.54) is 11.1 Å². The number of hydrogen-bond donors (Lipinski definition) is 1. The highest BCUT2D eigenvalue weighted by molar-refractivity contribution is 5.78. The topological polar surface area (TPSA) is 25.2 Å². The van der Waals surface area contributed by atoms with E-state index in [0.29, 0.717) is 0 Å². The minimum absolute atomic E-state index is 0.175. The van der Waals surface area contributed by atoms with Crippen molar-refractivity contribution in [3.63, 3.8) is 0 Å². The summed E-state index contributed by atoms with van der Waals surface area (Å²) in [5.41, 5.74) is 5.50. The SMILES string of the molecule is C=c1/c(=C(/C)NC(C)c2ccc(C(C)(C)C)cc2)oc2ccccc12. The average Bonchev–Trinajstić information content (AvgIpc) is 2.91. The number of para-hydroxylation sites is 1. The van der Waals surface area contributed by atoms with Gasteiger partial charge >= 0.3 is 0 Å². The molecule has 1 aromatic heterocycles. The second kappa shape index (κ2) is 6.44. The molecule has 25 heavy (non-hydrogen) atoms. The molecule has 130 valence electrons. The van der Waals surface area contributed by atoms with Crippen molar-refractivity contribution in [1.82, 2.24) is 5.32 Å². The van der Waals surface area contributed by atoms with E-state index in [9.17, 15) is 0 Å². The predicted molar refractivity (Wildman–Crippen MR) is 107 cm³/mol. The van der Waals surface area contributed by atoms with E-state index in [-0.39, 0.29) is 11.5 Å². The molecule has 0 fully saturated rings. The number of fused-ring (bicyclic) bond motifs is 1. The Bertz CT molecular complexity index is 987. The van der Waals surface area contributed by atoms with E-state index >= 15 is 0 Å². The molecule has 2 aromatic carbocycles. The number of hydrogen-bond acceptors (Lipinski definition) is 2. The molecule has 1 heterocycles. The van der Waals surface area contributed by atoms with Crippen LogP contribution in [0, 0.1) is 0 Å². The van der Waals surface area contributed by atoms with Crippen molar-refractivity contribution in [1.29, 1.82) is 0 Å². The third-order valence-electron chi connectivity index (χ3n) is 4.75. The smallest absolute Gasteiger partial charge is 0.153 e. The van der Waals surface area contributed by atoms with Crippen molar-refractivity contribution in [2.24, 2.45) is 0 Å². The molecule has 0 saturated heterocycles. The molecule has 3 rings (SSSR count). The lowest BCUT2D eigenvalue weighted by molar-refractivity contribution is 0.560. The Labute approximate surface area is 149 Å². The molecule has 0 radical (unpaired) electrons. The largest absolute Gasteiger partial charge is 0.454 e. The minimum Gasteiger partial charge on any atom is -0.454 e. The van der Waals surface area contributed by atoms with Crippen molar-refractivity contribution in [3.8, 4) is 0 Å². The molecular weight excluding hydrogens is 306 g/mol. The summed E-state index contributed by atoms with van der Waals surface area (Å²) in [6, 6.07) is 17.1. The van der Waals surface area contributed by atoms with Crippen LogP contribution in [-0.4, -0.2) is 0 Å². The molecule has 0 aliphatic carbocycles. The third-order valence-corrected chi connectivity index (χ3v) is 4.75. The summed E-state index contributed by atoms with van der Waals surface area (Å²) >= 11 is 0. The van der Waals surface area contributed by atoms with E-state index in [1.807, 2.05) is 31.2 Å². The lowest BCUT2D eigenvalue weighted by Crippen LogP contribution is -2.28. The quantitative estimate of drug-likeness (QED) is 0.756. The van der Waals surface area contributed by atoms with Gasteiger partial charge in [0.25, 0.3) is 0 Å². The Balaban J connectivity index is 1.90. The Morgan fingerprint density at radius 2 is 1.68 bits per heavy atom. The van der Waals surface area contributed by atoms with Gasteiger partial charge in [0, 0.05) is 16.6 Å². The van der Waals surface area contributed by atoms with Crippen LogP contribution >= 0.6 is 0 Å². The maximum absolute atomic E-state index is 6.00. The fraction of sp³-hybridized carbons (Fsp3) is 0.304. The number of rotatable bonds is 3. The minimum atomic E-state index is 0.175. The summed E-state index contributed by atoms with van der Waals surface area (Å²) in [6.45, 7) is 15.1. The fourth-order valence-corrected chi connectivity index (χ4v) is 3.15. The number of furan rings is 1. The molecule has 0 aliphatic heterocycles. The molecule has 0 amide bonds. The summed E-state index contributed by atoms with van der Waals surface area (Å²) in [7, 11) is 0. The summed E-state index contributed by atoms with van der Waals surface area (Å²) in [6.07, 6.45) is 0. The van der Waals surface area contributed by atoms with Gasteiger partial charge in [-0.05, 0) is 36.5 Å². The van der Waals surface area contributed by atoms with Crippen molar-refractivity contribution in [2.75, 3.05) is 0 Å². The monoisotopic (exact) mass is 333 g/mol. The van der Waals surface area contributed by atoms with E-state index in [0.717, 1.165) is 27.3 Å². The summed E-state index contributed by atoms with van der Waals surface area (Å²) in [5, 5.41) is 5.57. The Morgan fingerprint density at radius 3 is 2.28 bits per heavy atom. The van der Waals surface area contributed by atoms with Gasteiger partial charge < -0.3 is 9.73 Å². The molecule has 3 aromatic rings. The van der Waals surface area contributed by atoms with E-state index in [2.05, 4.69) is 63.9 Å². The molecule has 1 atom stereocenters. The van der Waals surface area contributed by atoms with Crippen molar-refractivity contribution in [2.45, 2.75) is 46.1 Å². The van der Waals surface area contributed by atoms with Crippen LogP contribution in [0.3, 0.4) is 0 Å². The molecule has 0 saturated carbocycles. The van der Waals surface area contributed by atoms with E-state index in [4.69, 9.17) is 4.42 Å². The van der Waals surface area contributed by atoms with Gasteiger partial charge in [-0.1, -0.05) is 69.8 Å². The van der Waals surface area contributed by atoms with Gasteiger partial charge in [-0.2, -0.15) is 0 Å². The molecule has 2 heteroatoms. The standard InChI is InChI=1S/C23H27NO/c1-15-20-9-7-8-10-21(20)25-22(15)17(3)24-16(2)18-11-13-19(14-12-18)23(4,5)6/h7-14,16,24H,1H2,2-6H3/b22-17+. The Kier molecular flexibility index (Phi) is 4.47. The number of benzene rings is 2. The summed E-state index contributed by atoms with van der Waals surface area (Å²) in [5.74, 6) is 0. The number of nitrogens with one attached hydrogen (secondary N) is 1. The normalized spacial score (nSPS) is 14.4. The zero-order valence-corrected chi connectivity index (χ0v) is 15.8. The predicted octanol–water partition coefficient (Wildman–Crippen LogP) is 4.62. The molecular formula is C23H27NO. The zero-order chi connectivity index (χ0) is 18.2. The van der Waals surface area contributed by atoms with Crippen LogP contribution in [-0.2, 0) is 5.41 Å². The first-order chi connectivity index (χ1) is 11.8. The molecule has 0 bridgehead atoms. The van der Waals surface area contributed by atoms with Crippen molar-refractivity contribution < 1.29 is 4.42 Å². The maximum Gasteiger partial charge on any atom is 0.153 e. The highest BCUT2D eigenvalue weighted by Crippen LogP contribution is 2.24. The van der Waals surface area contributed by atoms with Crippen molar-refractivity contribution in [3.05, 3.63) is 70.3 Å². The van der Waals surface area contributed by atoms with Gasteiger partial charge in [0.05, 0.1) is 5.70 Å². The molecule has 0 spiro atoms. The highest BCUT2D eigenvalue weighted by atomic mass is 16.3. The molecule has 1 N–H and O–H groups in total. The fourth-order valence-electron chi connectivity index (χ4n) is 3.15. The first-order valence-corrected chi connectivity index (χ1v) is 8.82. The first-order valence-electron chi connectivity index (χ1n) is 8.82. The van der Waals surface area contributed by atoms with Gasteiger partial charge in [0.1, 0.15) is 5.58 Å². The maximum atomic E-state index is 6.00. The van der Waals surface area contributed by atoms with Gasteiger partial charge in [0.15, 0.2) is 5.42 Å². The van der Waals surface area contributed by atoms with Crippen LogP contribution in [0.4, 0.5) is 0 Å².